The summed E-state index contributed by atoms with van der Waals surface area (Å²) < 4.78 is 0. The van der Waals surface area contributed by atoms with Crippen LogP contribution in [-0.2, 0) is 6.54 Å². The van der Waals surface area contributed by atoms with E-state index in [4.69, 9.17) is 5.26 Å². The molecule has 0 saturated carbocycles. The number of nitrogens with zero attached hydrogens (tertiary/aromatic N) is 3. The Morgan fingerprint density at radius 1 is 1.28 bits per heavy atom. The molecule has 98 valence electrons. The van der Waals surface area contributed by atoms with Crippen LogP contribution in [0.4, 0.5) is 0 Å². The molecule has 0 spiro atoms. The minimum Gasteiger partial charge on any atom is -0.302 e. The molecule has 0 amide bonds. The average Bonchev–Trinajstić information content (AvgIpc) is 2.36. The lowest BCUT2D eigenvalue weighted by Gasteiger charge is -2.18. The van der Waals surface area contributed by atoms with Gasteiger partial charge in [0, 0.05) is 18.9 Å². The Hall–Kier alpha value is -1.40. The van der Waals surface area contributed by atoms with E-state index in [2.05, 4.69) is 35.1 Å². The molecule has 0 N–H and O–H groups in total. The zero-order valence-electron chi connectivity index (χ0n) is 11.7. The van der Waals surface area contributed by atoms with Crippen molar-refractivity contribution < 1.29 is 0 Å². The number of unbranched alkanes of at least 4 members (excludes halogenated alkanes) is 1. The first-order chi connectivity index (χ1) is 8.53. The smallest absolute Gasteiger partial charge is 0.0683 e. The van der Waals surface area contributed by atoms with Gasteiger partial charge in [-0.3, -0.25) is 4.98 Å². The Morgan fingerprint density at radius 2 is 1.94 bits per heavy atom. The first-order valence-corrected chi connectivity index (χ1v) is 6.52. The zero-order valence-corrected chi connectivity index (χ0v) is 11.7. The Labute approximate surface area is 110 Å². The van der Waals surface area contributed by atoms with Crippen LogP contribution < -0.4 is 0 Å². The van der Waals surface area contributed by atoms with E-state index in [0.717, 1.165) is 32.4 Å². The van der Waals surface area contributed by atoms with Gasteiger partial charge in [-0.15, -0.1) is 0 Å². The van der Waals surface area contributed by atoms with E-state index in [1.54, 1.807) is 0 Å². The van der Waals surface area contributed by atoms with E-state index in [1.165, 1.54) is 5.56 Å². The molecule has 0 fully saturated rings. The van der Waals surface area contributed by atoms with Crippen molar-refractivity contribution in [2.75, 3.05) is 13.6 Å². The van der Waals surface area contributed by atoms with Crippen LogP contribution >= 0.6 is 0 Å². The highest BCUT2D eigenvalue weighted by molar-refractivity contribution is 5.09. The molecule has 3 heteroatoms. The fourth-order valence-corrected chi connectivity index (χ4v) is 1.88. The van der Waals surface area contributed by atoms with Crippen LogP contribution in [0.1, 0.15) is 38.7 Å². The standard InChI is InChI=1S/C15H23N3/c1-15(2,13-16)8-4-5-11-18(3)12-14-6-9-17-10-7-14/h6-7,9-10H,4-5,8,11-12H2,1-3H3. The zero-order chi connectivity index (χ0) is 13.4. The van der Waals surface area contributed by atoms with Crippen LogP contribution in [0.2, 0.25) is 0 Å². The normalized spacial score (nSPS) is 11.5. The minimum absolute atomic E-state index is 0.177. The monoisotopic (exact) mass is 245 g/mol. The fourth-order valence-electron chi connectivity index (χ4n) is 1.88. The first-order valence-electron chi connectivity index (χ1n) is 6.52. The van der Waals surface area contributed by atoms with E-state index in [1.807, 2.05) is 26.2 Å². The number of hydrogen-bond acceptors (Lipinski definition) is 3. The lowest BCUT2D eigenvalue weighted by atomic mass is 9.89. The molecule has 1 heterocycles. The summed E-state index contributed by atoms with van der Waals surface area (Å²) in [6.07, 6.45) is 6.90. The van der Waals surface area contributed by atoms with Crippen LogP contribution in [-0.4, -0.2) is 23.5 Å². The Bertz CT molecular complexity index is 378. The summed E-state index contributed by atoms with van der Waals surface area (Å²) >= 11 is 0. The molecule has 18 heavy (non-hydrogen) atoms. The summed E-state index contributed by atoms with van der Waals surface area (Å²) in [7, 11) is 2.13. The minimum atomic E-state index is -0.177. The van der Waals surface area contributed by atoms with Gasteiger partial charge in [-0.2, -0.15) is 5.26 Å². The third-order valence-corrected chi connectivity index (χ3v) is 3.10. The van der Waals surface area contributed by atoms with Gasteiger partial charge in [0.25, 0.3) is 0 Å². The summed E-state index contributed by atoms with van der Waals surface area (Å²) in [5.74, 6) is 0. The molecule has 1 aromatic heterocycles. The molecular weight excluding hydrogens is 222 g/mol. The second-order valence-electron chi connectivity index (χ2n) is 5.55. The number of rotatable bonds is 7. The summed E-state index contributed by atoms with van der Waals surface area (Å²) in [6, 6.07) is 6.45. The first kappa shape index (κ1) is 14.7. The molecule has 0 aliphatic heterocycles. The lowest BCUT2D eigenvalue weighted by Crippen LogP contribution is -2.19. The van der Waals surface area contributed by atoms with Crippen molar-refractivity contribution in [2.24, 2.45) is 5.41 Å². The summed E-state index contributed by atoms with van der Waals surface area (Å²) in [4.78, 5) is 6.33. The van der Waals surface area contributed by atoms with Crippen molar-refractivity contribution in [3.8, 4) is 6.07 Å². The van der Waals surface area contributed by atoms with Crippen LogP contribution in [0.15, 0.2) is 24.5 Å². The van der Waals surface area contributed by atoms with Crippen molar-refractivity contribution in [2.45, 2.75) is 39.7 Å². The number of nitriles is 1. The number of aromatic nitrogens is 1. The van der Waals surface area contributed by atoms with Gasteiger partial charge in [0.1, 0.15) is 0 Å². The van der Waals surface area contributed by atoms with Crippen molar-refractivity contribution in [1.82, 2.24) is 9.88 Å². The van der Waals surface area contributed by atoms with Crippen LogP contribution in [0.25, 0.3) is 0 Å². The maximum Gasteiger partial charge on any atom is 0.0683 e. The Morgan fingerprint density at radius 3 is 2.56 bits per heavy atom. The molecule has 0 unspecified atom stereocenters. The number of pyridine rings is 1. The van der Waals surface area contributed by atoms with Gasteiger partial charge in [-0.25, -0.2) is 0 Å². The van der Waals surface area contributed by atoms with Gasteiger partial charge in [0.2, 0.25) is 0 Å². The van der Waals surface area contributed by atoms with E-state index in [9.17, 15) is 0 Å². The third-order valence-electron chi connectivity index (χ3n) is 3.10. The van der Waals surface area contributed by atoms with Crippen molar-refractivity contribution in [3.05, 3.63) is 30.1 Å². The molecule has 1 rings (SSSR count). The van der Waals surface area contributed by atoms with Gasteiger partial charge in [-0.05, 0) is 58.0 Å². The predicted molar refractivity (Wildman–Crippen MR) is 73.8 cm³/mol. The fraction of sp³-hybridized carbons (Fsp3) is 0.600. The maximum atomic E-state index is 8.93. The van der Waals surface area contributed by atoms with Crippen LogP contribution in [0.3, 0.4) is 0 Å². The number of hydrogen-bond donors (Lipinski definition) is 0. The van der Waals surface area contributed by atoms with Gasteiger partial charge in [0.05, 0.1) is 11.5 Å². The highest BCUT2D eigenvalue weighted by Gasteiger charge is 2.15. The molecule has 0 bridgehead atoms. The topological polar surface area (TPSA) is 39.9 Å². The molecule has 0 aliphatic rings. The SMILES string of the molecule is CN(CCCCC(C)(C)C#N)Cc1ccncc1. The van der Waals surface area contributed by atoms with Gasteiger partial charge < -0.3 is 4.90 Å². The maximum absolute atomic E-state index is 8.93. The van der Waals surface area contributed by atoms with Gasteiger partial charge in [-0.1, -0.05) is 6.42 Å². The molecule has 3 nitrogen and oxygen atoms in total. The van der Waals surface area contributed by atoms with E-state index < -0.39 is 0 Å². The lowest BCUT2D eigenvalue weighted by molar-refractivity contribution is 0.307. The average molecular weight is 245 g/mol. The third kappa shape index (κ3) is 5.79. The molecule has 0 atom stereocenters. The van der Waals surface area contributed by atoms with Crippen molar-refractivity contribution in [1.29, 1.82) is 5.26 Å². The molecule has 1 aromatic rings. The Balaban J connectivity index is 2.19. The Kier molecular flexibility index (Phi) is 5.80. The van der Waals surface area contributed by atoms with Gasteiger partial charge in [0.15, 0.2) is 0 Å². The highest BCUT2D eigenvalue weighted by atomic mass is 15.1. The summed E-state index contributed by atoms with van der Waals surface area (Å²) in [5.41, 5.74) is 1.12. The predicted octanol–water partition coefficient (Wildman–Crippen LogP) is 3.23. The summed E-state index contributed by atoms with van der Waals surface area (Å²) in [5, 5.41) is 8.93. The van der Waals surface area contributed by atoms with E-state index in [0.29, 0.717) is 0 Å². The quantitative estimate of drug-likeness (QED) is 0.692. The second kappa shape index (κ2) is 7.13. The molecule has 0 saturated heterocycles. The summed E-state index contributed by atoms with van der Waals surface area (Å²) in [6.45, 7) is 6.05. The van der Waals surface area contributed by atoms with Crippen LogP contribution in [0, 0.1) is 16.7 Å². The van der Waals surface area contributed by atoms with Gasteiger partial charge >= 0.3 is 0 Å². The second-order valence-corrected chi connectivity index (χ2v) is 5.55. The van der Waals surface area contributed by atoms with E-state index in [-0.39, 0.29) is 5.41 Å². The molecule has 0 aromatic carbocycles. The molecule has 0 aliphatic carbocycles. The molecular formula is C15H23N3. The van der Waals surface area contributed by atoms with Crippen molar-refractivity contribution >= 4 is 0 Å². The van der Waals surface area contributed by atoms with E-state index >= 15 is 0 Å². The van der Waals surface area contributed by atoms with Crippen molar-refractivity contribution in [3.63, 3.8) is 0 Å². The van der Waals surface area contributed by atoms with Crippen LogP contribution in [0.5, 0.6) is 0 Å². The highest BCUT2D eigenvalue weighted by Crippen LogP contribution is 2.21. The molecule has 0 radical (unpaired) electrons. The largest absolute Gasteiger partial charge is 0.302 e.